The summed E-state index contributed by atoms with van der Waals surface area (Å²) in [6.07, 6.45) is 3.12. The van der Waals surface area contributed by atoms with Crippen LogP contribution in [0.25, 0.3) is 0 Å². The summed E-state index contributed by atoms with van der Waals surface area (Å²) >= 11 is 1.93. The Bertz CT molecular complexity index is 549. The van der Waals surface area contributed by atoms with Gasteiger partial charge in [-0.2, -0.15) is 16.9 Å². The molecule has 1 saturated heterocycles. The first-order valence-corrected chi connectivity index (χ1v) is 9.57. The summed E-state index contributed by atoms with van der Waals surface area (Å²) in [7, 11) is 0. The normalized spacial score (nSPS) is 21.0. The molecular formula is C17H30N4OS. The van der Waals surface area contributed by atoms with Crippen molar-refractivity contribution in [2.75, 3.05) is 18.1 Å². The minimum atomic E-state index is -0.0523. The van der Waals surface area contributed by atoms with E-state index in [1.807, 2.05) is 35.2 Å². The summed E-state index contributed by atoms with van der Waals surface area (Å²) in [5.41, 5.74) is 2.01. The van der Waals surface area contributed by atoms with Crippen LogP contribution in [0.2, 0.25) is 0 Å². The lowest BCUT2D eigenvalue weighted by Crippen LogP contribution is -2.46. The molecule has 2 atom stereocenters. The van der Waals surface area contributed by atoms with Crippen LogP contribution in [0, 0.1) is 6.92 Å². The van der Waals surface area contributed by atoms with Crippen molar-refractivity contribution >= 4 is 17.8 Å². The van der Waals surface area contributed by atoms with Gasteiger partial charge in [-0.25, -0.2) is 4.79 Å². The molecular weight excluding hydrogens is 308 g/mol. The molecule has 1 aromatic heterocycles. The van der Waals surface area contributed by atoms with Gasteiger partial charge in [-0.05, 0) is 53.7 Å². The van der Waals surface area contributed by atoms with Gasteiger partial charge >= 0.3 is 6.03 Å². The SMILES string of the molecule is Cc1nn(C(C)(C)C)cc1[C@H](C)NC(=O)N1CCSCC[C@@H]1C. The number of amides is 2. The van der Waals surface area contributed by atoms with Gasteiger partial charge in [0, 0.05) is 30.1 Å². The highest BCUT2D eigenvalue weighted by Gasteiger charge is 2.25. The maximum Gasteiger partial charge on any atom is 0.318 e. The third-order valence-electron chi connectivity index (χ3n) is 4.38. The second-order valence-electron chi connectivity index (χ2n) is 7.40. The number of hydrogen-bond donors (Lipinski definition) is 1. The van der Waals surface area contributed by atoms with Crippen molar-refractivity contribution in [3.8, 4) is 0 Å². The molecule has 0 aliphatic carbocycles. The van der Waals surface area contributed by atoms with Gasteiger partial charge in [0.25, 0.3) is 0 Å². The van der Waals surface area contributed by atoms with E-state index >= 15 is 0 Å². The van der Waals surface area contributed by atoms with Crippen LogP contribution in [0.15, 0.2) is 6.20 Å². The van der Waals surface area contributed by atoms with Crippen molar-refractivity contribution in [1.82, 2.24) is 20.0 Å². The maximum absolute atomic E-state index is 12.6. The number of urea groups is 1. The van der Waals surface area contributed by atoms with Gasteiger partial charge in [-0.3, -0.25) is 4.68 Å². The molecule has 1 aromatic rings. The number of nitrogens with zero attached hydrogens (tertiary/aromatic N) is 3. The molecule has 0 unspecified atom stereocenters. The van der Waals surface area contributed by atoms with E-state index in [2.05, 4.69) is 44.3 Å². The lowest BCUT2D eigenvalue weighted by atomic mass is 10.1. The Hall–Kier alpha value is -1.17. The highest BCUT2D eigenvalue weighted by atomic mass is 32.2. The van der Waals surface area contributed by atoms with E-state index in [-0.39, 0.29) is 17.6 Å². The van der Waals surface area contributed by atoms with Crippen molar-refractivity contribution in [2.24, 2.45) is 0 Å². The van der Waals surface area contributed by atoms with Crippen LogP contribution in [-0.4, -0.2) is 44.8 Å². The van der Waals surface area contributed by atoms with Gasteiger partial charge in [0.05, 0.1) is 17.3 Å². The summed E-state index contributed by atoms with van der Waals surface area (Å²) in [5.74, 6) is 2.16. The smallest absolute Gasteiger partial charge is 0.318 e. The predicted molar refractivity (Wildman–Crippen MR) is 97.0 cm³/mol. The number of carbonyl (C=O) groups excluding carboxylic acids is 1. The average Bonchev–Trinajstić information content (AvgIpc) is 2.71. The molecule has 6 heteroatoms. The highest BCUT2D eigenvalue weighted by molar-refractivity contribution is 7.99. The molecule has 0 spiro atoms. The van der Waals surface area contributed by atoms with E-state index in [1.54, 1.807) is 0 Å². The molecule has 5 nitrogen and oxygen atoms in total. The van der Waals surface area contributed by atoms with Crippen molar-refractivity contribution in [1.29, 1.82) is 0 Å². The van der Waals surface area contributed by atoms with Gasteiger partial charge in [0.2, 0.25) is 0 Å². The Labute approximate surface area is 144 Å². The van der Waals surface area contributed by atoms with Crippen LogP contribution in [0.3, 0.4) is 0 Å². The van der Waals surface area contributed by atoms with E-state index in [4.69, 9.17) is 0 Å². The minimum Gasteiger partial charge on any atom is -0.331 e. The van der Waals surface area contributed by atoms with E-state index in [1.165, 1.54) is 0 Å². The van der Waals surface area contributed by atoms with Crippen LogP contribution >= 0.6 is 11.8 Å². The Kier molecular flexibility index (Phi) is 5.65. The Morgan fingerprint density at radius 2 is 2.13 bits per heavy atom. The zero-order valence-corrected chi connectivity index (χ0v) is 16.0. The third-order valence-corrected chi connectivity index (χ3v) is 5.38. The van der Waals surface area contributed by atoms with Gasteiger partial charge in [-0.15, -0.1) is 0 Å². The van der Waals surface area contributed by atoms with E-state index in [0.29, 0.717) is 6.04 Å². The summed E-state index contributed by atoms with van der Waals surface area (Å²) in [5, 5.41) is 7.76. The lowest BCUT2D eigenvalue weighted by Gasteiger charge is -2.28. The van der Waals surface area contributed by atoms with Gasteiger partial charge in [0.15, 0.2) is 0 Å². The Morgan fingerprint density at radius 3 is 2.74 bits per heavy atom. The van der Waals surface area contributed by atoms with Crippen LogP contribution in [0.5, 0.6) is 0 Å². The summed E-state index contributed by atoms with van der Waals surface area (Å²) < 4.78 is 1.98. The maximum atomic E-state index is 12.6. The molecule has 130 valence electrons. The van der Waals surface area contributed by atoms with Crippen molar-refractivity contribution in [3.63, 3.8) is 0 Å². The van der Waals surface area contributed by atoms with Crippen LogP contribution in [0.4, 0.5) is 4.79 Å². The zero-order chi connectivity index (χ0) is 17.2. The molecule has 1 fully saturated rings. The molecule has 2 rings (SSSR count). The third kappa shape index (κ3) is 4.43. The van der Waals surface area contributed by atoms with Crippen LogP contribution in [-0.2, 0) is 5.54 Å². The fraction of sp³-hybridized carbons (Fsp3) is 0.765. The van der Waals surface area contributed by atoms with Gasteiger partial charge in [-0.1, -0.05) is 0 Å². The number of aromatic nitrogens is 2. The first kappa shape index (κ1) is 18.2. The average molecular weight is 339 g/mol. The number of carbonyl (C=O) groups is 1. The summed E-state index contributed by atoms with van der Waals surface area (Å²) in [6.45, 7) is 13.4. The van der Waals surface area contributed by atoms with E-state index < -0.39 is 0 Å². The van der Waals surface area contributed by atoms with Gasteiger partial charge < -0.3 is 10.2 Å². The Balaban J connectivity index is 2.07. The fourth-order valence-electron chi connectivity index (χ4n) is 2.78. The molecule has 1 aliphatic heterocycles. The standard InChI is InChI=1S/C17H30N4OS/c1-12-7-9-23-10-8-20(12)16(22)18-13(2)15-11-21(17(4,5)6)19-14(15)3/h11-13H,7-10H2,1-6H3,(H,18,22)/t12-,13-/m0/s1. The second kappa shape index (κ2) is 7.16. The molecule has 2 heterocycles. The zero-order valence-electron chi connectivity index (χ0n) is 15.2. The Morgan fingerprint density at radius 1 is 1.43 bits per heavy atom. The van der Waals surface area contributed by atoms with E-state index in [0.717, 1.165) is 35.7 Å². The molecule has 0 saturated carbocycles. The quantitative estimate of drug-likeness (QED) is 0.897. The first-order valence-electron chi connectivity index (χ1n) is 8.41. The molecule has 0 radical (unpaired) electrons. The van der Waals surface area contributed by atoms with Gasteiger partial charge in [0.1, 0.15) is 0 Å². The summed E-state index contributed by atoms with van der Waals surface area (Å²) in [4.78, 5) is 14.6. The van der Waals surface area contributed by atoms with Crippen LogP contribution < -0.4 is 5.32 Å². The number of hydrogen-bond acceptors (Lipinski definition) is 3. The first-order chi connectivity index (χ1) is 10.7. The summed E-state index contributed by atoms with van der Waals surface area (Å²) in [6, 6.07) is 0.299. The van der Waals surface area contributed by atoms with Crippen LogP contribution in [0.1, 0.15) is 58.3 Å². The number of nitrogens with one attached hydrogen (secondary N) is 1. The molecule has 23 heavy (non-hydrogen) atoms. The molecule has 0 bridgehead atoms. The lowest BCUT2D eigenvalue weighted by molar-refractivity contribution is 0.180. The van der Waals surface area contributed by atoms with Crippen molar-refractivity contribution < 1.29 is 4.79 Å². The fourth-order valence-corrected chi connectivity index (χ4v) is 3.82. The predicted octanol–water partition coefficient (Wildman–Crippen LogP) is 3.54. The molecule has 1 N–H and O–H groups in total. The molecule has 0 aromatic carbocycles. The van der Waals surface area contributed by atoms with Crippen molar-refractivity contribution in [2.45, 2.75) is 65.6 Å². The number of rotatable bonds is 2. The number of aryl methyl sites for hydroxylation is 1. The minimum absolute atomic E-state index is 0.0374. The van der Waals surface area contributed by atoms with Crippen molar-refractivity contribution in [3.05, 3.63) is 17.5 Å². The highest BCUT2D eigenvalue weighted by Crippen LogP contribution is 2.22. The topological polar surface area (TPSA) is 50.2 Å². The largest absolute Gasteiger partial charge is 0.331 e. The van der Waals surface area contributed by atoms with E-state index in [9.17, 15) is 4.79 Å². The molecule has 1 aliphatic rings. The number of thioether (sulfide) groups is 1. The monoisotopic (exact) mass is 338 g/mol. The second-order valence-corrected chi connectivity index (χ2v) is 8.62. The molecule has 2 amide bonds.